The molecule has 3 N–H and O–H groups in total. The maximum atomic E-state index is 4.52. The first-order valence-electron chi connectivity index (χ1n) is 6.86. The standard InChI is InChI=1S/C15H27N.ClH/c1-11(2)12-6-9-14(3)7-5-8-15(4,16)13(14)10-12;/h12-13H,1,5-10,16H2,2-4H3;1H/t12?,13?,14-,15-;/m1./s1. The normalized spacial score (nSPS) is 45.6. The van der Waals surface area contributed by atoms with Crippen LogP contribution in [0.1, 0.15) is 59.3 Å². The summed E-state index contributed by atoms with van der Waals surface area (Å²) in [6.07, 6.45) is 8.21. The molecule has 1 nitrogen and oxygen atoms in total. The van der Waals surface area contributed by atoms with Crippen molar-refractivity contribution < 1.29 is 18.1 Å². The van der Waals surface area contributed by atoms with Crippen molar-refractivity contribution in [2.24, 2.45) is 17.3 Å². The summed E-state index contributed by atoms with van der Waals surface area (Å²) < 4.78 is 0. The molecule has 17 heavy (non-hydrogen) atoms. The number of halogens is 1. The Labute approximate surface area is 113 Å². The van der Waals surface area contributed by atoms with Gasteiger partial charge in [-0.3, -0.25) is 0 Å². The second kappa shape index (κ2) is 4.93. The molecule has 0 bridgehead atoms. The maximum Gasteiger partial charge on any atom is 0.0951 e. The molecule has 2 rings (SSSR count). The lowest BCUT2D eigenvalue weighted by molar-refractivity contribution is -0.502. The third-order valence-electron chi connectivity index (χ3n) is 5.46. The second-order valence-electron chi connectivity index (χ2n) is 7.03. The second-order valence-corrected chi connectivity index (χ2v) is 7.03. The molecule has 2 aliphatic carbocycles. The summed E-state index contributed by atoms with van der Waals surface area (Å²) >= 11 is 0. The minimum absolute atomic E-state index is 0. The number of allylic oxidation sites excluding steroid dienone is 1. The number of rotatable bonds is 1. The summed E-state index contributed by atoms with van der Waals surface area (Å²) in [7, 11) is 0. The van der Waals surface area contributed by atoms with Crippen LogP contribution in [-0.4, -0.2) is 5.54 Å². The van der Waals surface area contributed by atoms with E-state index < -0.39 is 0 Å². The van der Waals surface area contributed by atoms with E-state index in [-0.39, 0.29) is 12.4 Å². The highest BCUT2D eigenvalue weighted by Gasteiger charge is 2.52. The lowest BCUT2D eigenvalue weighted by Crippen LogP contribution is -3.00. The van der Waals surface area contributed by atoms with Gasteiger partial charge >= 0.3 is 0 Å². The molecule has 0 spiro atoms. The monoisotopic (exact) mass is 257 g/mol. The molecule has 0 radical (unpaired) electrons. The third kappa shape index (κ3) is 2.71. The van der Waals surface area contributed by atoms with E-state index in [2.05, 4.69) is 33.1 Å². The zero-order chi connectivity index (χ0) is 12.0. The third-order valence-corrected chi connectivity index (χ3v) is 5.46. The summed E-state index contributed by atoms with van der Waals surface area (Å²) in [5.41, 5.74) is 6.79. The summed E-state index contributed by atoms with van der Waals surface area (Å²) in [5.74, 6) is 1.57. The Morgan fingerprint density at radius 2 is 1.88 bits per heavy atom. The van der Waals surface area contributed by atoms with E-state index in [0.29, 0.717) is 11.0 Å². The van der Waals surface area contributed by atoms with Gasteiger partial charge in [0.2, 0.25) is 0 Å². The van der Waals surface area contributed by atoms with Gasteiger partial charge in [0.05, 0.1) is 5.54 Å². The maximum absolute atomic E-state index is 4.52. The van der Waals surface area contributed by atoms with Crippen LogP contribution in [-0.2, 0) is 0 Å². The Kier molecular flexibility index (Phi) is 4.37. The summed E-state index contributed by atoms with van der Waals surface area (Å²) in [6, 6.07) is 0. The van der Waals surface area contributed by atoms with Crippen molar-refractivity contribution in [3.8, 4) is 0 Å². The summed E-state index contributed by atoms with van der Waals surface area (Å²) in [5, 5.41) is 0. The van der Waals surface area contributed by atoms with E-state index in [1.54, 1.807) is 0 Å². The fourth-order valence-corrected chi connectivity index (χ4v) is 4.31. The van der Waals surface area contributed by atoms with E-state index in [1.807, 2.05) is 0 Å². The molecule has 0 heterocycles. The van der Waals surface area contributed by atoms with E-state index in [4.69, 9.17) is 0 Å². The van der Waals surface area contributed by atoms with Gasteiger partial charge in [0, 0.05) is 12.3 Å². The van der Waals surface area contributed by atoms with Gasteiger partial charge in [-0.05, 0) is 57.3 Å². The SMILES string of the molecule is C=C(C)C1CC[C@@]2(C)CCC[C@@](C)([NH3+])C2C1.[Cl-]. The Morgan fingerprint density at radius 1 is 1.24 bits per heavy atom. The Bertz CT molecular complexity index is 297. The molecule has 4 atom stereocenters. The van der Waals surface area contributed by atoms with Crippen LogP contribution in [0, 0.1) is 17.3 Å². The number of quaternary nitrogens is 1. The lowest BCUT2D eigenvalue weighted by Gasteiger charge is -2.53. The molecule has 0 aliphatic heterocycles. The van der Waals surface area contributed by atoms with Gasteiger partial charge in [0.1, 0.15) is 0 Å². The van der Waals surface area contributed by atoms with Crippen LogP contribution in [0.2, 0.25) is 0 Å². The Morgan fingerprint density at radius 3 is 2.47 bits per heavy atom. The van der Waals surface area contributed by atoms with Crippen LogP contribution >= 0.6 is 0 Å². The van der Waals surface area contributed by atoms with Crippen molar-refractivity contribution in [2.45, 2.75) is 64.8 Å². The molecule has 0 saturated heterocycles. The molecule has 100 valence electrons. The summed E-state index contributed by atoms with van der Waals surface area (Å²) in [6.45, 7) is 11.3. The van der Waals surface area contributed by atoms with Crippen molar-refractivity contribution in [2.75, 3.05) is 0 Å². The minimum atomic E-state index is 0. The van der Waals surface area contributed by atoms with E-state index in [9.17, 15) is 0 Å². The first-order chi connectivity index (χ1) is 7.35. The molecule has 2 heteroatoms. The van der Waals surface area contributed by atoms with Gasteiger partial charge < -0.3 is 18.1 Å². The van der Waals surface area contributed by atoms with E-state index >= 15 is 0 Å². The van der Waals surface area contributed by atoms with Gasteiger partial charge in [0.15, 0.2) is 0 Å². The smallest absolute Gasteiger partial charge is 0.0951 e. The van der Waals surface area contributed by atoms with Crippen molar-refractivity contribution in [1.82, 2.24) is 0 Å². The number of fused-ring (bicyclic) bond motifs is 1. The van der Waals surface area contributed by atoms with Gasteiger partial charge in [-0.25, -0.2) is 0 Å². The topological polar surface area (TPSA) is 27.6 Å². The van der Waals surface area contributed by atoms with Crippen LogP contribution in [0.15, 0.2) is 12.2 Å². The van der Waals surface area contributed by atoms with Crippen LogP contribution in [0.4, 0.5) is 0 Å². The average molecular weight is 258 g/mol. The largest absolute Gasteiger partial charge is 1.00 e. The molecular formula is C15H28ClN. The fourth-order valence-electron chi connectivity index (χ4n) is 4.31. The first-order valence-corrected chi connectivity index (χ1v) is 6.86. The molecule has 0 aromatic rings. The minimum Gasteiger partial charge on any atom is -1.00 e. The quantitative estimate of drug-likeness (QED) is 0.649. The van der Waals surface area contributed by atoms with Crippen LogP contribution in [0.3, 0.4) is 0 Å². The van der Waals surface area contributed by atoms with E-state index in [1.165, 1.54) is 44.1 Å². The highest BCUT2D eigenvalue weighted by molar-refractivity contribution is 5.07. The molecule has 2 aliphatic rings. The zero-order valence-corrected chi connectivity index (χ0v) is 12.4. The molecule has 2 fully saturated rings. The first kappa shape index (κ1) is 15.0. The Balaban J connectivity index is 0.00000144. The molecule has 2 unspecified atom stereocenters. The zero-order valence-electron chi connectivity index (χ0n) is 11.7. The van der Waals surface area contributed by atoms with Gasteiger partial charge in [-0.15, -0.1) is 0 Å². The summed E-state index contributed by atoms with van der Waals surface area (Å²) in [4.78, 5) is 0. The average Bonchev–Trinajstić information content (AvgIpc) is 2.15. The fraction of sp³-hybridized carbons (Fsp3) is 0.867. The van der Waals surface area contributed by atoms with Crippen LogP contribution in [0.5, 0.6) is 0 Å². The molecular weight excluding hydrogens is 230 g/mol. The van der Waals surface area contributed by atoms with Crippen molar-refractivity contribution >= 4 is 0 Å². The molecule has 0 aromatic carbocycles. The Hall–Kier alpha value is -0.0100. The molecule has 2 saturated carbocycles. The number of hydrogen-bond donors (Lipinski definition) is 1. The van der Waals surface area contributed by atoms with E-state index in [0.717, 1.165) is 11.8 Å². The van der Waals surface area contributed by atoms with Crippen LogP contribution < -0.4 is 18.1 Å². The van der Waals surface area contributed by atoms with Crippen LogP contribution in [0.25, 0.3) is 0 Å². The van der Waals surface area contributed by atoms with Gasteiger partial charge in [-0.2, -0.15) is 0 Å². The van der Waals surface area contributed by atoms with Gasteiger partial charge in [0.25, 0.3) is 0 Å². The molecule has 0 aromatic heterocycles. The highest BCUT2D eigenvalue weighted by atomic mass is 35.5. The van der Waals surface area contributed by atoms with Crippen molar-refractivity contribution in [3.05, 3.63) is 12.2 Å². The predicted octanol–water partition coefficient (Wildman–Crippen LogP) is 0.174. The number of hydrogen-bond acceptors (Lipinski definition) is 0. The highest BCUT2D eigenvalue weighted by Crippen LogP contribution is 2.54. The van der Waals surface area contributed by atoms with Gasteiger partial charge in [-0.1, -0.05) is 19.1 Å². The van der Waals surface area contributed by atoms with Crippen molar-refractivity contribution in [3.63, 3.8) is 0 Å². The predicted molar refractivity (Wildman–Crippen MR) is 68.9 cm³/mol. The lowest BCUT2D eigenvalue weighted by atomic mass is 9.52. The van der Waals surface area contributed by atoms with Crippen molar-refractivity contribution in [1.29, 1.82) is 0 Å². The molecule has 0 amide bonds.